The Morgan fingerprint density at radius 3 is 2.45 bits per heavy atom. The van der Waals surface area contributed by atoms with Crippen LogP contribution >= 0.6 is 0 Å². The molecule has 0 bridgehead atoms. The van der Waals surface area contributed by atoms with Crippen LogP contribution in [0.1, 0.15) is 43.4 Å². The van der Waals surface area contributed by atoms with E-state index in [4.69, 9.17) is 4.74 Å². The van der Waals surface area contributed by atoms with E-state index < -0.39 is 29.8 Å². The molecule has 0 spiro atoms. The minimum absolute atomic E-state index is 0.100. The van der Waals surface area contributed by atoms with E-state index >= 15 is 0 Å². The van der Waals surface area contributed by atoms with Crippen LogP contribution in [0.5, 0.6) is 17.2 Å². The molecule has 5 rings (SSSR count). The van der Waals surface area contributed by atoms with Crippen LogP contribution in [0.3, 0.4) is 0 Å². The predicted octanol–water partition coefficient (Wildman–Crippen LogP) is 4.70. The summed E-state index contributed by atoms with van der Waals surface area (Å²) in [4.78, 5) is 13.3. The number of halogens is 4. The molecule has 164 valence electrons. The van der Waals surface area contributed by atoms with Crippen LogP contribution in [0.4, 0.5) is 17.6 Å². The molecule has 9 heteroatoms. The normalized spacial score (nSPS) is 26.7. The SMILES string of the molecule is C[C@@]1(C(F)F)C[C@@H](NC(=O)C2(c3ccc4c(c3)OC(F)(F)O4)CC2)c2ccccc2O1. The van der Waals surface area contributed by atoms with Crippen molar-refractivity contribution in [2.45, 2.75) is 56.0 Å². The lowest BCUT2D eigenvalue weighted by Crippen LogP contribution is -2.49. The maximum atomic E-state index is 13.7. The summed E-state index contributed by atoms with van der Waals surface area (Å²) in [6.07, 6.45) is -5.58. The summed E-state index contributed by atoms with van der Waals surface area (Å²) in [5, 5.41) is 2.90. The topological polar surface area (TPSA) is 56.8 Å². The Labute approximate surface area is 175 Å². The Morgan fingerprint density at radius 1 is 1.03 bits per heavy atom. The van der Waals surface area contributed by atoms with E-state index in [0.29, 0.717) is 29.7 Å². The lowest BCUT2D eigenvalue weighted by molar-refractivity contribution is -0.286. The Hall–Kier alpha value is -2.97. The highest BCUT2D eigenvalue weighted by Crippen LogP contribution is 2.52. The molecule has 1 N–H and O–H groups in total. The highest BCUT2D eigenvalue weighted by Gasteiger charge is 2.54. The van der Waals surface area contributed by atoms with Crippen molar-refractivity contribution < 1.29 is 36.6 Å². The molecule has 0 unspecified atom stereocenters. The molecule has 1 saturated carbocycles. The molecule has 0 saturated heterocycles. The van der Waals surface area contributed by atoms with Gasteiger partial charge in [0.05, 0.1) is 11.5 Å². The maximum absolute atomic E-state index is 13.7. The summed E-state index contributed by atoms with van der Waals surface area (Å²) in [7, 11) is 0. The molecule has 2 aromatic carbocycles. The van der Waals surface area contributed by atoms with Crippen molar-refractivity contribution in [3.63, 3.8) is 0 Å². The van der Waals surface area contributed by atoms with Crippen molar-refractivity contribution in [2.24, 2.45) is 0 Å². The van der Waals surface area contributed by atoms with Gasteiger partial charge in [0.25, 0.3) is 6.43 Å². The van der Waals surface area contributed by atoms with Gasteiger partial charge in [0, 0.05) is 12.0 Å². The van der Waals surface area contributed by atoms with E-state index in [1.165, 1.54) is 19.1 Å². The maximum Gasteiger partial charge on any atom is 0.586 e. The predicted molar refractivity (Wildman–Crippen MR) is 101 cm³/mol. The monoisotopic (exact) mass is 437 g/mol. The van der Waals surface area contributed by atoms with Gasteiger partial charge in [0.15, 0.2) is 17.1 Å². The number of hydrogen-bond donors (Lipinski definition) is 1. The molecule has 2 aromatic rings. The van der Waals surface area contributed by atoms with Crippen molar-refractivity contribution in [3.8, 4) is 17.2 Å². The number of amides is 1. The van der Waals surface area contributed by atoms with E-state index in [-0.39, 0.29) is 23.8 Å². The molecule has 3 aliphatic rings. The van der Waals surface area contributed by atoms with E-state index in [9.17, 15) is 22.4 Å². The van der Waals surface area contributed by atoms with E-state index in [0.717, 1.165) is 0 Å². The Bertz CT molecular complexity index is 1060. The molecular formula is C22H19F4NO4. The molecule has 1 aliphatic carbocycles. The van der Waals surface area contributed by atoms with Crippen LogP contribution in [0.2, 0.25) is 0 Å². The minimum atomic E-state index is -3.74. The van der Waals surface area contributed by atoms with Crippen molar-refractivity contribution in [1.82, 2.24) is 5.32 Å². The summed E-state index contributed by atoms with van der Waals surface area (Å²) in [6.45, 7) is 1.32. The molecule has 2 atom stereocenters. The summed E-state index contributed by atoms with van der Waals surface area (Å²) in [5.41, 5.74) is -1.53. The van der Waals surface area contributed by atoms with Gasteiger partial charge in [-0.1, -0.05) is 24.3 Å². The van der Waals surface area contributed by atoms with Gasteiger partial charge >= 0.3 is 6.29 Å². The number of carbonyl (C=O) groups is 1. The molecule has 2 heterocycles. The number of nitrogens with one attached hydrogen (secondary N) is 1. The average molecular weight is 437 g/mol. The molecule has 1 fully saturated rings. The van der Waals surface area contributed by atoms with E-state index in [2.05, 4.69) is 14.8 Å². The number of benzene rings is 2. The average Bonchev–Trinajstić information content (AvgIpc) is 3.45. The van der Waals surface area contributed by atoms with Crippen LogP contribution in [0, 0.1) is 0 Å². The highest BCUT2D eigenvalue weighted by atomic mass is 19.3. The van der Waals surface area contributed by atoms with E-state index in [1.807, 2.05) is 0 Å². The first-order chi connectivity index (χ1) is 14.6. The number of alkyl halides is 4. The quantitative estimate of drug-likeness (QED) is 0.705. The third-order valence-electron chi connectivity index (χ3n) is 6.15. The largest absolute Gasteiger partial charge is 0.586 e. The Balaban J connectivity index is 1.42. The fraction of sp³-hybridized carbons (Fsp3) is 0.409. The van der Waals surface area contributed by atoms with Crippen LogP contribution in [0.15, 0.2) is 42.5 Å². The van der Waals surface area contributed by atoms with Gasteiger partial charge in [-0.2, -0.15) is 0 Å². The zero-order valence-electron chi connectivity index (χ0n) is 16.5. The molecule has 31 heavy (non-hydrogen) atoms. The van der Waals surface area contributed by atoms with Gasteiger partial charge in [0.2, 0.25) is 5.91 Å². The van der Waals surface area contributed by atoms with Crippen molar-refractivity contribution in [2.75, 3.05) is 0 Å². The summed E-state index contributed by atoms with van der Waals surface area (Å²) in [5.74, 6) is -0.285. The summed E-state index contributed by atoms with van der Waals surface area (Å²) >= 11 is 0. The van der Waals surface area contributed by atoms with Crippen molar-refractivity contribution >= 4 is 5.91 Å². The Morgan fingerprint density at radius 2 is 1.74 bits per heavy atom. The summed E-state index contributed by atoms with van der Waals surface area (Å²) in [6, 6.07) is 10.4. The van der Waals surface area contributed by atoms with Gasteiger partial charge in [-0.15, -0.1) is 8.78 Å². The number of para-hydroxylation sites is 1. The fourth-order valence-corrected chi connectivity index (χ4v) is 4.25. The number of fused-ring (bicyclic) bond motifs is 2. The highest BCUT2D eigenvalue weighted by molar-refractivity contribution is 5.92. The Kier molecular flexibility index (Phi) is 4.19. The number of hydrogen-bond acceptors (Lipinski definition) is 4. The van der Waals surface area contributed by atoms with Crippen LogP contribution in [-0.2, 0) is 10.2 Å². The molecule has 1 amide bonds. The first-order valence-electron chi connectivity index (χ1n) is 9.89. The summed E-state index contributed by atoms with van der Waals surface area (Å²) < 4.78 is 68.5. The van der Waals surface area contributed by atoms with Crippen LogP contribution < -0.4 is 19.5 Å². The van der Waals surface area contributed by atoms with Gasteiger partial charge in [-0.05, 0) is 43.5 Å². The first kappa shape index (κ1) is 20.0. The number of rotatable bonds is 4. The molecule has 5 nitrogen and oxygen atoms in total. The zero-order valence-corrected chi connectivity index (χ0v) is 16.5. The molecular weight excluding hydrogens is 418 g/mol. The number of carbonyl (C=O) groups excluding carboxylic acids is 1. The number of ether oxygens (including phenoxy) is 3. The third kappa shape index (κ3) is 3.26. The van der Waals surface area contributed by atoms with E-state index in [1.54, 1.807) is 30.3 Å². The minimum Gasteiger partial charge on any atom is -0.481 e. The zero-order chi connectivity index (χ0) is 22.0. The van der Waals surface area contributed by atoms with Crippen molar-refractivity contribution in [1.29, 1.82) is 0 Å². The first-order valence-corrected chi connectivity index (χ1v) is 9.89. The fourth-order valence-electron chi connectivity index (χ4n) is 4.25. The third-order valence-corrected chi connectivity index (χ3v) is 6.15. The van der Waals surface area contributed by atoms with Crippen molar-refractivity contribution in [3.05, 3.63) is 53.6 Å². The van der Waals surface area contributed by atoms with Gasteiger partial charge < -0.3 is 19.5 Å². The van der Waals surface area contributed by atoms with Crippen LogP contribution in [0.25, 0.3) is 0 Å². The lowest BCUT2D eigenvalue weighted by atomic mass is 9.87. The smallest absolute Gasteiger partial charge is 0.481 e. The van der Waals surface area contributed by atoms with Gasteiger partial charge in [-0.25, -0.2) is 8.78 Å². The standard InChI is InChI=1S/C22H19F4NO4/c1-20(18(23)24)11-14(13-4-2-3-5-15(13)29-20)27-19(28)21(8-9-21)12-6-7-16-17(10-12)31-22(25,26)30-16/h2-7,10,14,18H,8-9,11H2,1H3,(H,27,28)/t14-,20+/m1/s1. The van der Waals surface area contributed by atoms with Gasteiger partial charge in [-0.3, -0.25) is 4.79 Å². The van der Waals surface area contributed by atoms with Crippen LogP contribution in [-0.4, -0.2) is 24.2 Å². The molecule has 2 aliphatic heterocycles. The second-order valence-electron chi connectivity index (χ2n) is 8.39. The molecule has 0 radical (unpaired) electrons. The molecule has 0 aromatic heterocycles. The second kappa shape index (κ2) is 6.51. The second-order valence-corrected chi connectivity index (χ2v) is 8.39. The lowest BCUT2D eigenvalue weighted by Gasteiger charge is -2.40. The van der Waals surface area contributed by atoms with Gasteiger partial charge in [0.1, 0.15) is 5.75 Å².